The summed E-state index contributed by atoms with van der Waals surface area (Å²) in [4.78, 5) is 11.8. The number of nitrogens with two attached hydrogens (primary N) is 1. The average Bonchev–Trinajstić information content (AvgIpc) is 2.75. The van der Waals surface area contributed by atoms with Crippen LogP contribution in [0.5, 0.6) is 0 Å². The van der Waals surface area contributed by atoms with E-state index in [9.17, 15) is 4.79 Å². The number of carbonyl (C=O) groups is 1. The van der Waals surface area contributed by atoms with E-state index in [1.54, 1.807) is 24.1 Å². The van der Waals surface area contributed by atoms with Crippen molar-refractivity contribution < 1.29 is 4.79 Å². The fourth-order valence-electron chi connectivity index (χ4n) is 2.27. The van der Waals surface area contributed by atoms with Crippen molar-refractivity contribution in [3.63, 3.8) is 0 Å². The molecule has 0 atom stereocenters. The number of rotatable bonds is 3. The first kappa shape index (κ1) is 12.1. The molecule has 1 amide bonds. The van der Waals surface area contributed by atoms with Crippen LogP contribution in [-0.4, -0.2) is 28.3 Å². The normalized spacial score (nSPS) is 24.6. The van der Waals surface area contributed by atoms with Gasteiger partial charge in [-0.2, -0.15) is 5.10 Å². The van der Waals surface area contributed by atoms with Crippen LogP contribution in [0.4, 0.5) is 0 Å². The summed E-state index contributed by atoms with van der Waals surface area (Å²) in [6.45, 7) is 0.750. The molecule has 5 nitrogen and oxygen atoms in total. The molecule has 0 unspecified atom stereocenters. The third-order valence-corrected chi connectivity index (χ3v) is 3.41. The maximum atomic E-state index is 11.8. The van der Waals surface area contributed by atoms with Crippen LogP contribution in [0.3, 0.4) is 0 Å². The summed E-state index contributed by atoms with van der Waals surface area (Å²) in [5.74, 6) is 0.545. The van der Waals surface area contributed by atoms with Crippen molar-refractivity contribution in [2.75, 3.05) is 6.54 Å². The second-order valence-corrected chi connectivity index (χ2v) is 4.89. The van der Waals surface area contributed by atoms with Crippen LogP contribution >= 0.6 is 0 Å². The van der Waals surface area contributed by atoms with Gasteiger partial charge in [0.05, 0.1) is 11.8 Å². The molecule has 1 aliphatic rings. The van der Waals surface area contributed by atoms with Crippen LogP contribution < -0.4 is 11.1 Å². The summed E-state index contributed by atoms with van der Waals surface area (Å²) in [6.07, 6.45) is 7.71. The molecule has 1 aliphatic carbocycles. The lowest BCUT2D eigenvalue weighted by Crippen LogP contribution is -2.34. The molecule has 0 radical (unpaired) electrons. The molecule has 0 spiro atoms. The Kier molecular flexibility index (Phi) is 3.78. The first-order valence-corrected chi connectivity index (χ1v) is 6.17. The molecule has 0 aromatic carbocycles. The van der Waals surface area contributed by atoms with E-state index < -0.39 is 0 Å². The number of carbonyl (C=O) groups excluding carboxylic acids is 1. The second kappa shape index (κ2) is 5.31. The van der Waals surface area contributed by atoms with Crippen LogP contribution in [0.2, 0.25) is 0 Å². The van der Waals surface area contributed by atoms with Gasteiger partial charge in [0.1, 0.15) is 0 Å². The van der Waals surface area contributed by atoms with Crippen LogP contribution in [0.15, 0.2) is 12.4 Å². The third-order valence-electron chi connectivity index (χ3n) is 3.41. The quantitative estimate of drug-likeness (QED) is 0.810. The van der Waals surface area contributed by atoms with Gasteiger partial charge in [0.2, 0.25) is 0 Å². The van der Waals surface area contributed by atoms with E-state index in [0.717, 1.165) is 32.2 Å². The molecule has 1 aromatic heterocycles. The molecule has 2 rings (SSSR count). The second-order valence-electron chi connectivity index (χ2n) is 4.89. The molecule has 0 saturated heterocycles. The number of nitrogens with zero attached hydrogens (tertiary/aromatic N) is 2. The lowest BCUT2D eigenvalue weighted by atomic mass is 9.86. The van der Waals surface area contributed by atoms with E-state index in [4.69, 9.17) is 5.73 Å². The van der Waals surface area contributed by atoms with E-state index in [1.807, 2.05) is 0 Å². The monoisotopic (exact) mass is 236 g/mol. The van der Waals surface area contributed by atoms with Gasteiger partial charge in [0.25, 0.3) is 5.91 Å². The maximum absolute atomic E-state index is 11.8. The Hall–Kier alpha value is -1.36. The lowest BCUT2D eigenvalue weighted by Gasteiger charge is -2.25. The van der Waals surface area contributed by atoms with Gasteiger partial charge in [-0.1, -0.05) is 0 Å². The number of amides is 1. The molecular formula is C12H20N4O. The summed E-state index contributed by atoms with van der Waals surface area (Å²) < 4.78 is 1.63. The molecule has 1 fully saturated rings. The summed E-state index contributed by atoms with van der Waals surface area (Å²) >= 11 is 0. The van der Waals surface area contributed by atoms with Gasteiger partial charge in [-0.15, -0.1) is 0 Å². The highest BCUT2D eigenvalue weighted by Crippen LogP contribution is 2.22. The van der Waals surface area contributed by atoms with Crippen LogP contribution in [0, 0.1) is 5.92 Å². The fourth-order valence-corrected chi connectivity index (χ4v) is 2.27. The first-order valence-electron chi connectivity index (χ1n) is 6.17. The minimum Gasteiger partial charge on any atom is -0.352 e. The molecule has 17 heavy (non-hydrogen) atoms. The Bertz CT molecular complexity index is 380. The summed E-state index contributed by atoms with van der Waals surface area (Å²) in [7, 11) is 1.80. The Morgan fingerprint density at radius 1 is 1.53 bits per heavy atom. The first-order chi connectivity index (χ1) is 8.15. The standard InChI is InChI=1S/C12H20N4O/c1-16-8-10(7-15-16)12(17)14-6-9-2-4-11(13)5-3-9/h7-9,11H,2-6,13H2,1H3,(H,14,17). The maximum Gasteiger partial charge on any atom is 0.254 e. The zero-order valence-electron chi connectivity index (χ0n) is 10.2. The smallest absolute Gasteiger partial charge is 0.254 e. The van der Waals surface area contributed by atoms with E-state index in [1.165, 1.54) is 0 Å². The van der Waals surface area contributed by atoms with E-state index >= 15 is 0 Å². The van der Waals surface area contributed by atoms with Crippen molar-refractivity contribution in [1.29, 1.82) is 0 Å². The molecule has 1 saturated carbocycles. The van der Waals surface area contributed by atoms with Crippen molar-refractivity contribution >= 4 is 5.91 Å². The number of aromatic nitrogens is 2. The minimum absolute atomic E-state index is 0.0343. The molecular weight excluding hydrogens is 216 g/mol. The Labute approximate surface area is 101 Å². The van der Waals surface area contributed by atoms with Crippen molar-refractivity contribution in [1.82, 2.24) is 15.1 Å². The largest absolute Gasteiger partial charge is 0.352 e. The topological polar surface area (TPSA) is 72.9 Å². The molecule has 0 bridgehead atoms. The van der Waals surface area contributed by atoms with Crippen molar-refractivity contribution in [2.24, 2.45) is 18.7 Å². The van der Waals surface area contributed by atoms with Crippen LogP contribution in [-0.2, 0) is 7.05 Å². The molecule has 94 valence electrons. The SMILES string of the molecule is Cn1cc(C(=O)NCC2CCC(N)CC2)cn1. The van der Waals surface area contributed by atoms with Gasteiger partial charge < -0.3 is 11.1 Å². The van der Waals surface area contributed by atoms with Gasteiger partial charge in [-0.25, -0.2) is 0 Å². The molecule has 0 aliphatic heterocycles. The Balaban J connectivity index is 1.76. The molecule has 1 aromatic rings. The van der Waals surface area contributed by atoms with Gasteiger partial charge in [0.15, 0.2) is 0 Å². The highest BCUT2D eigenvalue weighted by atomic mass is 16.1. The molecule has 1 heterocycles. The summed E-state index contributed by atoms with van der Waals surface area (Å²) in [5, 5.41) is 6.95. The van der Waals surface area contributed by atoms with E-state index in [2.05, 4.69) is 10.4 Å². The van der Waals surface area contributed by atoms with Crippen molar-refractivity contribution in [2.45, 2.75) is 31.7 Å². The van der Waals surface area contributed by atoms with E-state index in [0.29, 0.717) is 17.5 Å². The highest BCUT2D eigenvalue weighted by Gasteiger charge is 2.19. The third kappa shape index (κ3) is 3.30. The minimum atomic E-state index is -0.0343. The zero-order chi connectivity index (χ0) is 12.3. The average molecular weight is 236 g/mol. The number of hydrogen-bond acceptors (Lipinski definition) is 3. The molecule has 3 N–H and O–H groups in total. The number of nitrogens with one attached hydrogen (secondary N) is 1. The van der Waals surface area contributed by atoms with Gasteiger partial charge in [-0.05, 0) is 31.6 Å². The van der Waals surface area contributed by atoms with Gasteiger partial charge in [0, 0.05) is 25.8 Å². The predicted octanol–water partition coefficient (Wildman–Crippen LogP) is 0.667. The lowest BCUT2D eigenvalue weighted by molar-refractivity contribution is 0.0943. The van der Waals surface area contributed by atoms with E-state index in [-0.39, 0.29) is 5.91 Å². The van der Waals surface area contributed by atoms with Crippen LogP contribution in [0.25, 0.3) is 0 Å². The highest BCUT2D eigenvalue weighted by molar-refractivity contribution is 5.93. The van der Waals surface area contributed by atoms with Gasteiger partial charge in [-0.3, -0.25) is 9.48 Å². The van der Waals surface area contributed by atoms with Crippen molar-refractivity contribution in [3.8, 4) is 0 Å². The van der Waals surface area contributed by atoms with Crippen molar-refractivity contribution in [3.05, 3.63) is 18.0 Å². The molecule has 5 heteroatoms. The summed E-state index contributed by atoms with van der Waals surface area (Å²) in [6, 6.07) is 0.361. The Morgan fingerprint density at radius 3 is 2.82 bits per heavy atom. The predicted molar refractivity (Wildman–Crippen MR) is 65.5 cm³/mol. The Morgan fingerprint density at radius 2 is 2.24 bits per heavy atom. The van der Waals surface area contributed by atoms with Crippen LogP contribution in [0.1, 0.15) is 36.0 Å². The van der Waals surface area contributed by atoms with Gasteiger partial charge >= 0.3 is 0 Å². The zero-order valence-corrected chi connectivity index (χ0v) is 10.2. The number of hydrogen-bond donors (Lipinski definition) is 2. The summed E-state index contributed by atoms with van der Waals surface area (Å²) in [5.41, 5.74) is 6.47. The fraction of sp³-hybridized carbons (Fsp3) is 0.667. The number of aryl methyl sites for hydroxylation is 1.